The van der Waals surface area contributed by atoms with E-state index in [0.717, 1.165) is 11.3 Å². The molecule has 152 valence electrons. The fraction of sp³-hybridized carbons (Fsp3) is 0.100. The van der Waals surface area contributed by atoms with Crippen molar-refractivity contribution in [3.05, 3.63) is 79.8 Å². The molecule has 0 atom stereocenters. The molecule has 0 saturated heterocycles. The number of aromatic amines is 1. The fourth-order valence-corrected chi connectivity index (χ4v) is 4.31. The Balaban J connectivity index is 1.80. The first kappa shape index (κ1) is 19.8. The molecule has 4 rings (SSSR count). The minimum Gasteiger partial charge on any atom is -0.467 e. The average Bonchev–Trinajstić information content (AvgIpc) is 3.38. The van der Waals surface area contributed by atoms with Crippen LogP contribution in [-0.2, 0) is 6.54 Å². The highest BCUT2D eigenvalue weighted by atomic mass is 32.1. The number of amides is 2. The lowest BCUT2D eigenvalue weighted by Gasteiger charge is -2.07. The SMILES string of the molecule is C=CCNC(=O)c1ccc2c(=O)[nH]c3c(C(=O)NCc4ccco4)sc(=S)n3c2c1. The van der Waals surface area contributed by atoms with E-state index in [1.807, 2.05) is 0 Å². The summed E-state index contributed by atoms with van der Waals surface area (Å²) in [6.45, 7) is 4.09. The predicted molar refractivity (Wildman–Crippen MR) is 117 cm³/mol. The van der Waals surface area contributed by atoms with Crippen LogP contribution in [0.4, 0.5) is 0 Å². The van der Waals surface area contributed by atoms with Crippen LogP contribution in [0.5, 0.6) is 0 Å². The highest BCUT2D eigenvalue weighted by molar-refractivity contribution is 7.73. The molecule has 2 amide bonds. The molecule has 4 aromatic rings. The number of fused-ring (bicyclic) bond motifs is 3. The molecule has 0 aliphatic carbocycles. The van der Waals surface area contributed by atoms with E-state index in [2.05, 4.69) is 22.2 Å². The highest BCUT2D eigenvalue weighted by Crippen LogP contribution is 2.23. The third-order valence-electron chi connectivity index (χ3n) is 4.40. The Morgan fingerprint density at radius 3 is 2.83 bits per heavy atom. The van der Waals surface area contributed by atoms with Crippen molar-refractivity contribution in [1.29, 1.82) is 0 Å². The van der Waals surface area contributed by atoms with E-state index in [1.54, 1.807) is 40.8 Å². The monoisotopic (exact) mass is 440 g/mol. The van der Waals surface area contributed by atoms with Gasteiger partial charge in [0.2, 0.25) is 0 Å². The summed E-state index contributed by atoms with van der Waals surface area (Å²) >= 11 is 6.53. The molecule has 0 unspecified atom stereocenters. The van der Waals surface area contributed by atoms with Gasteiger partial charge < -0.3 is 20.0 Å². The summed E-state index contributed by atoms with van der Waals surface area (Å²) in [5.41, 5.74) is 0.721. The molecule has 0 radical (unpaired) electrons. The molecule has 0 aliphatic rings. The zero-order chi connectivity index (χ0) is 21.3. The summed E-state index contributed by atoms with van der Waals surface area (Å²) in [5.74, 6) is -0.0899. The van der Waals surface area contributed by atoms with Gasteiger partial charge in [-0.05, 0) is 42.5 Å². The molecule has 0 fully saturated rings. The second-order valence-corrected chi connectivity index (χ2v) is 7.97. The van der Waals surface area contributed by atoms with Gasteiger partial charge in [0.05, 0.1) is 23.7 Å². The van der Waals surface area contributed by atoms with Crippen molar-refractivity contribution in [2.75, 3.05) is 6.54 Å². The van der Waals surface area contributed by atoms with Gasteiger partial charge in [0.1, 0.15) is 16.3 Å². The maximum atomic E-state index is 12.7. The van der Waals surface area contributed by atoms with E-state index in [-0.39, 0.29) is 34.4 Å². The first-order valence-electron chi connectivity index (χ1n) is 8.91. The first-order chi connectivity index (χ1) is 14.5. The van der Waals surface area contributed by atoms with E-state index in [4.69, 9.17) is 16.6 Å². The second kappa shape index (κ2) is 8.09. The topological polar surface area (TPSA) is 109 Å². The van der Waals surface area contributed by atoms with Crippen molar-refractivity contribution in [1.82, 2.24) is 20.0 Å². The number of thiazole rings is 1. The lowest BCUT2D eigenvalue weighted by atomic mass is 10.1. The fourth-order valence-electron chi connectivity index (χ4n) is 3.01. The Bertz CT molecular complexity index is 1400. The molecular formula is C20H16N4O4S2. The lowest BCUT2D eigenvalue weighted by Crippen LogP contribution is -2.24. The summed E-state index contributed by atoms with van der Waals surface area (Å²) < 4.78 is 7.19. The lowest BCUT2D eigenvalue weighted by molar-refractivity contribution is 0.0947. The molecular weight excluding hydrogens is 424 g/mol. The van der Waals surface area contributed by atoms with Crippen LogP contribution in [-0.4, -0.2) is 27.7 Å². The molecule has 1 aromatic carbocycles. The van der Waals surface area contributed by atoms with Crippen LogP contribution in [0.25, 0.3) is 16.6 Å². The third-order valence-corrected chi connectivity index (χ3v) is 5.78. The van der Waals surface area contributed by atoms with Gasteiger partial charge in [0.25, 0.3) is 17.4 Å². The Morgan fingerprint density at radius 2 is 2.10 bits per heavy atom. The summed E-state index contributed by atoms with van der Waals surface area (Å²) in [7, 11) is 0. The van der Waals surface area contributed by atoms with E-state index < -0.39 is 0 Å². The number of nitrogens with zero attached hydrogens (tertiary/aromatic N) is 1. The molecule has 3 aromatic heterocycles. The van der Waals surface area contributed by atoms with Crippen molar-refractivity contribution >= 4 is 51.9 Å². The Kier molecular flexibility index (Phi) is 5.34. The van der Waals surface area contributed by atoms with E-state index >= 15 is 0 Å². The van der Waals surface area contributed by atoms with Crippen LogP contribution in [0.15, 0.2) is 58.5 Å². The van der Waals surface area contributed by atoms with Crippen molar-refractivity contribution in [3.63, 3.8) is 0 Å². The van der Waals surface area contributed by atoms with Crippen molar-refractivity contribution < 1.29 is 14.0 Å². The molecule has 30 heavy (non-hydrogen) atoms. The summed E-state index contributed by atoms with van der Waals surface area (Å²) in [5, 5.41) is 5.81. The standard InChI is InChI=1S/C20H16N4O4S2/c1-2-7-21-17(25)11-5-6-13-14(9-11)24-16(23-18(13)26)15(30-20(24)29)19(27)22-10-12-4-3-8-28-12/h2-6,8-9H,1,7,10H2,(H,21,25)(H,22,27)(H,23,26). The van der Waals surface area contributed by atoms with Crippen molar-refractivity contribution in [3.8, 4) is 0 Å². The van der Waals surface area contributed by atoms with Gasteiger partial charge in [0.15, 0.2) is 3.95 Å². The van der Waals surface area contributed by atoms with E-state index in [9.17, 15) is 14.4 Å². The van der Waals surface area contributed by atoms with Gasteiger partial charge in [-0.2, -0.15) is 0 Å². The maximum absolute atomic E-state index is 12.7. The van der Waals surface area contributed by atoms with E-state index in [0.29, 0.717) is 32.7 Å². The molecule has 0 saturated carbocycles. The average molecular weight is 441 g/mol. The molecule has 3 N–H and O–H groups in total. The number of carbonyl (C=O) groups is 2. The van der Waals surface area contributed by atoms with Gasteiger partial charge in [-0.3, -0.25) is 18.8 Å². The number of benzene rings is 1. The first-order valence-corrected chi connectivity index (χ1v) is 10.1. The van der Waals surface area contributed by atoms with Gasteiger partial charge in [-0.15, -0.1) is 6.58 Å². The van der Waals surface area contributed by atoms with Gasteiger partial charge in [-0.25, -0.2) is 0 Å². The third kappa shape index (κ3) is 3.58. The number of nitrogens with one attached hydrogen (secondary N) is 3. The number of furan rings is 1. The van der Waals surface area contributed by atoms with E-state index in [1.165, 1.54) is 6.26 Å². The smallest absolute Gasteiger partial charge is 0.265 e. The summed E-state index contributed by atoms with van der Waals surface area (Å²) in [6, 6.07) is 8.18. The van der Waals surface area contributed by atoms with Gasteiger partial charge >= 0.3 is 0 Å². The van der Waals surface area contributed by atoms with Gasteiger partial charge in [-0.1, -0.05) is 17.4 Å². The minimum absolute atomic E-state index is 0.202. The Morgan fingerprint density at radius 1 is 1.27 bits per heavy atom. The number of aromatic nitrogens is 2. The quantitative estimate of drug-likeness (QED) is 0.315. The van der Waals surface area contributed by atoms with Gasteiger partial charge in [0, 0.05) is 12.1 Å². The molecule has 8 nitrogen and oxygen atoms in total. The molecule has 0 aliphatic heterocycles. The number of H-pyrrole nitrogens is 1. The summed E-state index contributed by atoms with van der Waals surface area (Å²) in [4.78, 5) is 40.6. The number of rotatable bonds is 6. The largest absolute Gasteiger partial charge is 0.467 e. The maximum Gasteiger partial charge on any atom is 0.265 e. The highest BCUT2D eigenvalue weighted by Gasteiger charge is 2.19. The zero-order valence-electron chi connectivity index (χ0n) is 15.6. The molecule has 3 heterocycles. The van der Waals surface area contributed by atoms with Crippen molar-refractivity contribution in [2.45, 2.75) is 6.54 Å². The van der Waals surface area contributed by atoms with Crippen molar-refractivity contribution in [2.24, 2.45) is 0 Å². The van der Waals surface area contributed by atoms with Crippen LogP contribution in [0.3, 0.4) is 0 Å². The Hall–Kier alpha value is -3.50. The molecule has 10 heteroatoms. The van der Waals surface area contributed by atoms with Crippen LogP contribution in [0, 0.1) is 3.95 Å². The Labute approximate surface area is 178 Å². The summed E-state index contributed by atoms with van der Waals surface area (Å²) in [6.07, 6.45) is 3.09. The predicted octanol–water partition coefficient (Wildman–Crippen LogP) is 3.01. The minimum atomic E-state index is -0.389. The number of hydrogen-bond donors (Lipinski definition) is 3. The molecule has 0 spiro atoms. The van der Waals surface area contributed by atoms with Crippen LogP contribution >= 0.6 is 23.6 Å². The second-order valence-electron chi connectivity index (χ2n) is 6.33. The normalized spacial score (nSPS) is 10.9. The van der Waals surface area contributed by atoms with Crippen LogP contribution in [0.1, 0.15) is 25.8 Å². The van der Waals surface area contributed by atoms with Crippen LogP contribution < -0.4 is 16.2 Å². The number of hydrogen-bond acceptors (Lipinski definition) is 6. The van der Waals surface area contributed by atoms with Crippen LogP contribution in [0.2, 0.25) is 0 Å². The molecule has 0 bridgehead atoms. The zero-order valence-corrected chi connectivity index (χ0v) is 17.2. The number of carbonyl (C=O) groups excluding carboxylic acids is 2.